The van der Waals surface area contributed by atoms with Gasteiger partial charge in [0, 0.05) is 37.6 Å². The van der Waals surface area contributed by atoms with E-state index in [-0.39, 0.29) is 12.5 Å². The molecule has 0 saturated heterocycles. The summed E-state index contributed by atoms with van der Waals surface area (Å²) in [5.41, 5.74) is 0.809. The summed E-state index contributed by atoms with van der Waals surface area (Å²) in [6, 6.07) is 7.21. The topological polar surface area (TPSA) is 127 Å². The average molecular weight is 427 g/mol. The molecule has 166 valence electrons. The number of aliphatic hydroxyl groups is 1. The first-order valence-electron chi connectivity index (χ1n) is 10.5. The molecule has 0 unspecified atom stereocenters. The summed E-state index contributed by atoms with van der Waals surface area (Å²) < 4.78 is 5.29. The summed E-state index contributed by atoms with van der Waals surface area (Å²) >= 11 is 0. The Balaban J connectivity index is 1.60. The number of carbonyl (C=O) groups excluding carboxylic acids is 1. The van der Waals surface area contributed by atoms with Gasteiger partial charge in [-0.1, -0.05) is 19.3 Å². The Morgan fingerprint density at radius 1 is 1.19 bits per heavy atom. The molecule has 2 rings (SSSR count). The van der Waals surface area contributed by atoms with Crippen molar-refractivity contribution in [2.75, 3.05) is 25.0 Å². The van der Waals surface area contributed by atoms with E-state index in [1.54, 1.807) is 41.8 Å². The number of aliphatic hydroxyl groups excluding tert-OH is 1. The number of guanidine groups is 1. The summed E-state index contributed by atoms with van der Waals surface area (Å²) in [4.78, 5) is 22.4. The molecular weight excluding hydrogens is 396 g/mol. The molecule has 0 aliphatic carbocycles. The fraction of sp³-hybridized carbons (Fsp3) is 0.455. The maximum Gasteiger partial charge on any atom is 0.223 e. The minimum atomic E-state index is -0.0639. The summed E-state index contributed by atoms with van der Waals surface area (Å²) in [5.74, 6) is 1.16. The molecular formula is C22H30N6O3. The molecule has 9 heteroatoms. The number of hydrogen-bond acceptors (Lipinski definition) is 6. The summed E-state index contributed by atoms with van der Waals surface area (Å²) in [6.07, 6.45) is 11.9. The highest BCUT2D eigenvalue weighted by Gasteiger charge is 2.14. The Hall–Kier alpha value is -3.38. The quantitative estimate of drug-likeness (QED) is 0.148. The predicted molar refractivity (Wildman–Crippen MR) is 118 cm³/mol. The van der Waals surface area contributed by atoms with E-state index in [1.165, 1.54) is 0 Å². The van der Waals surface area contributed by atoms with Gasteiger partial charge in [-0.15, -0.1) is 0 Å². The lowest BCUT2D eigenvalue weighted by Crippen LogP contribution is -2.32. The van der Waals surface area contributed by atoms with Gasteiger partial charge in [0.2, 0.25) is 11.9 Å². The molecule has 0 saturated carbocycles. The fourth-order valence-electron chi connectivity index (χ4n) is 3.01. The highest BCUT2D eigenvalue weighted by molar-refractivity contribution is 5.94. The van der Waals surface area contributed by atoms with Crippen molar-refractivity contribution < 1.29 is 14.3 Å². The Kier molecular flexibility index (Phi) is 11.2. The van der Waals surface area contributed by atoms with E-state index in [1.807, 2.05) is 12.3 Å². The van der Waals surface area contributed by atoms with Gasteiger partial charge in [-0.2, -0.15) is 5.26 Å². The molecule has 0 aromatic carbocycles. The Bertz CT molecular complexity index is 818. The second-order valence-corrected chi connectivity index (χ2v) is 6.96. The van der Waals surface area contributed by atoms with Crippen molar-refractivity contribution >= 4 is 17.6 Å². The van der Waals surface area contributed by atoms with Gasteiger partial charge in [0.25, 0.3) is 0 Å². The number of nitriles is 1. The van der Waals surface area contributed by atoms with E-state index >= 15 is 0 Å². The molecule has 2 aromatic heterocycles. The fourth-order valence-corrected chi connectivity index (χ4v) is 3.01. The number of nitrogens with one attached hydrogen (secondary N) is 2. The highest BCUT2D eigenvalue weighted by Crippen LogP contribution is 2.11. The van der Waals surface area contributed by atoms with Crippen LogP contribution >= 0.6 is 0 Å². The van der Waals surface area contributed by atoms with Gasteiger partial charge in [0.15, 0.2) is 6.19 Å². The lowest BCUT2D eigenvalue weighted by molar-refractivity contribution is -0.132. The first kappa shape index (κ1) is 23.9. The molecule has 0 bridgehead atoms. The van der Waals surface area contributed by atoms with E-state index in [0.717, 1.165) is 37.8 Å². The zero-order valence-corrected chi connectivity index (χ0v) is 17.7. The molecule has 1 amide bonds. The summed E-state index contributed by atoms with van der Waals surface area (Å²) in [7, 11) is 0. The summed E-state index contributed by atoms with van der Waals surface area (Å²) in [5, 5.41) is 23.7. The number of nitrogens with zero attached hydrogens (tertiary/aromatic N) is 4. The first-order chi connectivity index (χ1) is 15.2. The minimum absolute atomic E-state index is 0.0319. The number of amides is 1. The van der Waals surface area contributed by atoms with Crippen LogP contribution in [0.3, 0.4) is 0 Å². The zero-order valence-electron chi connectivity index (χ0n) is 17.7. The number of rotatable bonds is 13. The van der Waals surface area contributed by atoms with Gasteiger partial charge in [0.1, 0.15) is 5.76 Å². The number of furan rings is 1. The van der Waals surface area contributed by atoms with Crippen molar-refractivity contribution in [3.05, 3.63) is 48.7 Å². The third-order valence-corrected chi connectivity index (χ3v) is 4.59. The number of pyridine rings is 1. The predicted octanol–water partition coefficient (Wildman–Crippen LogP) is 2.87. The first-order valence-corrected chi connectivity index (χ1v) is 10.5. The van der Waals surface area contributed by atoms with Crippen LogP contribution in [0.5, 0.6) is 0 Å². The van der Waals surface area contributed by atoms with Gasteiger partial charge in [-0.3, -0.25) is 20.1 Å². The highest BCUT2D eigenvalue weighted by atomic mass is 16.3. The molecule has 2 heterocycles. The van der Waals surface area contributed by atoms with E-state index in [4.69, 9.17) is 9.68 Å². The van der Waals surface area contributed by atoms with E-state index in [2.05, 4.69) is 20.6 Å². The third-order valence-electron chi connectivity index (χ3n) is 4.59. The van der Waals surface area contributed by atoms with Crippen molar-refractivity contribution in [3.63, 3.8) is 0 Å². The number of aliphatic imine (C=N–C) groups is 1. The van der Waals surface area contributed by atoms with Crippen LogP contribution in [-0.4, -0.2) is 46.6 Å². The van der Waals surface area contributed by atoms with Crippen LogP contribution in [0.2, 0.25) is 0 Å². The molecule has 0 aliphatic heterocycles. The smallest absolute Gasteiger partial charge is 0.223 e. The minimum Gasteiger partial charge on any atom is -0.467 e. The SMILES string of the molecule is N#CNC(=NCCCCCCCC(=O)N(CCO)Cc1ccco1)Nc1ccncc1. The molecule has 3 N–H and O–H groups in total. The zero-order chi connectivity index (χ0) is 22.2. The second kappa shape index (κ2) is 14.6. The van der Waals surface area contributed by atoms with Crippen LogP contribution in [0, 0.1) is 11.5 Å². The number of hydrogen-bond donors (Lipinski definition) is 3. The molecule has 0 atom stereocenters. The molecule has 0 fully saturated rings. The van der Waals surface area contributed by atoms with E-state index in [0.29, 0.717) is 37.8 Å². The van der Waals surface area contributed by atoms with E-state index < -0.39 is 0 Å². The van der Waals surface area contributed by atoms with Crippen molar-refractivity contribution in [2.24, 2.45) is 4.99 Å². The van der Waals surface area contributed by atoms with Crippen LogP contribution < -0.4 is 10.6 Å². The number of anilines is 1. The Morgan fingerprint density at radius 3 is 2.68 bits per heavy atom. The third kappa shape index (κ3) is 9.78. The lowest BCUT2D eigenvalue weighted by Gasteiger charge is -2.20. The number of unbranched alkanes of at least 4 members (excludes halogenated alkanes) is 4. The van der Waals surface area contributed by atoms with Gasteiger partial charge < -0.3 is 19.7 Å². The van der Waals surface area contributed by atoms with Crippen molar-refractivity contribution in [1.29, 1.82) is 5.26 Å². The van der Waals surface area contributed by atoms with Gasteiger partial charge in [-0.05, 0) is 37.1 Å². The number of carbonyl (C=O) groups is 1. The van der Waals surface area contributed by atoms with Crippen molar-refractivity contribution in [3.8, 4) is 6.19 Å². The molecule has 0 radical (unpaired) electrons. The average Bonchev–Trinajstić information content (AvgIpc) is 3.29. The monoisotopic (exact) mass is 426 g/mol. The van der Waals surface area contributed by atoms with Gasteiger partial charge in [0.05, 0.1) is 19.4 Å². The van der Waals surface area contributed by atoms with Gasteiger partial charge in [-0.25, -0.2) is 0 Å². The second-order valence-electron chi connectivity index (χ2n) is 6.96. The van der Waals surface area contributed by atoms with Crippen LogP contribution in [0.15, 0.2) is 52.3 Å². The summed E-state index contributed by atoms with van der Waals surface area (Å²) in [6.45, 7) is 1.24. The van der Waals surface area contributed by atoms with Crippen LogP contribution in [0.25, 0.3) is 0 Å². The molecule has 31 heavy (non-hydrogen) atoms. The molecule has 0 spiro atoms. The maximum atomic E-state index is 12.4. The maximum absolute atomic E-state index is 12.4. The van der Waals surface area contributed by atoms with Crippen molar-refractivity contribution in [1.82, 2.24) is 15.2 Å². The molecule has 0 aliphatic rings. The normalized spacial score (nSPS) is 11.0. The van der Waals surface area contributed by atoms with Crippen molar-refractivity contribution in [2.45, 2.75) is 45.1 Å². The van der Waals surface area contributed by atoms with E-state index in [9.17, 15) is 9.90 Å². The van der Waals surface area contributed by atoms with Crippen LogP contribution in [0.4, 0.5) is 5.69 Å². The Labute approximate surface area is 182 Å². The van der Waals surface area contributed by atoms with Gasteiger partial charge >= 0.3 is 0 Å². The van der Waals surface area contributed by atoms with Crippen LogP contribution in [-0.2, 0) is 11.3 Å². The van der Waals surface area contributed by atoms with Crippen LogP contribution in [0.1, 0.15) is 44.3 Å². The number of aromatic nitrogens is 1. The Morgan fingerprint density at radius 2 is 1.97 bits per heavy atom. The molecule has 9 nitrogen and oxygen atoms in total. The standard InChI is InChI=1S/C22H30N6O3/c23-18-26-22(27-19-9-12-24-13-10-19)25-11-5-3-1-2-4-8-21(30)28(14-15-29)17-20-7-6-16-31-20/h6-7,9-10,12-13,16,29H,1-5,8,11,14-15,17H2,(H2,24,25,26,27). The largest absolute Gasteiger partial charge is 0.467 e. The lowest BCUT2D eigenvalue weighted by atomic mass is 10.1. The molecule has 2 aromatic rings.